The molecule has 0 bridgehead atoms. The van der Waals surface area contributed by atoms with Crippen molar-refractivity contribution in [2.75, 3.05) is 12.4 Å². The quantitative estimate of drug-likeness (QED) is 0.749. The molecule has 1 aromatic heterocycles. The summed E-state index contributed by atoms with van der Waals surface area (Å²) < 4.78 is 4.86. The molecular formula is C9H9NO3S. The fourth-order valence-corrected chi connectivity index (χ4v) is 1.88. The summed E-state index contributed by atoms with van der Waals surface area (Å²) in [5.41, 5.74) is 1.25. The van der Waals surface area contributed by atoms with Crippen molar-refractivity contribution in [2.45, 2.75) is 4.90 Å². The molecule has 0 saturated heterocycles. The minimum Gasteiger partial charge on any atom is -0.408 e. The predicted octanol–water partition coefficient (Wildman–Crippen LogP) is 1.21. The molecule has 1 aromatic carbocycles. The van der Waals surface area contributed by atoms with Gasteiger partial charge in [-0.15, -0.1) is 11.8 Å². The van der Waals surface area contributed by atoms with Crippen molar-refractivity contribution in [1.82, 2.24) is 4.98 Å². The Labute approximate surface area is 83.9 Å². The van der Waals surface area contributed by atoms with Crippen molar-refractivity contribution in [3.63, 3.8) is 0 Å². The zero-order valence-corrected chi connectivity index (χ0v) is 8.13. The molecule has 0 amide bonds. The van der Waals surface area contributed by atoms with Crippen LogP contribution in [0.5, 0.6) is 0 Å². The minimum atomic E-state index is -0.440. The summed E-state index contributed by atoms with van der Waals surface area (Å²) in [6, 6.07) is 5.44. The highest BCUT2D eigenvalue weighted by Gasteiger charge is 2.01. The van der Waals surface area contributed by atoms with Crippen LogP contribution in [0.1, 0.15) is 0 Å². The number of hydrogen-bond donors (Lipinski definition) is 2. The summed E-state index contributed by atoms with van der Waals surface area (Å²) in [5.74, 6) is 0.206. The molecule has 2 rings (SSSR count). The SMILES string of the molecule is O=c1[nH]c2cc(SCCO)ccc2o1. The molecule has 0 unspecified atom stereocenters. The molecule has 0 spiro atoms. The van der Waals surface area contributed by atoms with Gasteiger partial charge in [0.15, 0.2) is 5.58 Å². The largest absolute Gasteiger partial charge is 0.417 e. The van der Waals surface area contributed by atoms with E-state index < -0.39 is 5.76 Å². The van der Waals surface area contributed by atoms with Gasteiger partial charge in [-0.05, 0) is 18.2 Å². The second kappa shape index (κ2) is 3.89. The van der Waals surface area contributed by atoms with Gasteiger partial charge in [0, 0.05) is 10.6 Å². The zero-order chi connectivity index (χ0) is 9.97. The van der Waals surface area contributed by atoms with E-state index >= 15 is 0 Å². The van der Waals surface area contributed by atoms with Gasteiger partial charge in [-0.1, -0.05) is 0 Å². The summed E-state index contributed by atoms with van der Waals surface area (Å²) in [7, 11) is 0. The average molecular weight is 211 g/mol. The number of oxazole rings is 1. The fourth-order valence-electron chi connectivity index (χ4n) is 1.18. The van der Waals surface area contributed by atoms with Crippen LogP contribution in [-0.2, 0) is 0 Å². The lowest BCUT2D eigenvalue weighted by Gasteiger charge is -1.97. The zero-order valence-electron chi connectivity index (χ0n) is 7.32. The highest BCUT2D eigenvalue weighted by Crippen LogP contribution is 2.21. The molecule has 0 fully saturated rings. The fraction of sp³-hybridized carbons (Fsp3) is 0.222. The maximum absolute atomic E-state index is 10.8. The highest BCUT2D eigenvalue weighted by molar-refractivity contribution is 7.99. The lowest BCUT2D eigenvalue weighted by atomic mass is 10.3. The number of aromatic nitrogens is 1. The first-order chi connectivity index (χ1) is 6.79. The van der Waals surface area contributed by atoms with Crippen LogP contribution in [0, 0.1) is 0 Å². The summed E-state index contributed by atoms with van der Waals surface area (Å²) in [5, 5.41) is 8.65. The number of aliphatic hydroxyl groups excluding tert-OH is 1. The van der Waals surface area contributed by atoms with Gasteiger partial charge in [0.1, 0.15) is 0 Å². The van der Waals surface area contributed by atoms with Crippen molar-refractivity contribution < 1.29 is 9.52 Å². The molecule has 0 atom stereocenters. The van der Waals surface area contributed by atoms with Gasteiger partial charge in [-0.2, -0.15) is 0 Å². The Bertz CT molecular complexity index is 488. The van der Waals surface area contributed by atoms with Gasteiger partial charge in [-0.25, -0.2) is 4.79 Å². The number of fused-ring (bicyclic) bond motifs is 1. The van der Waals surface area contributed by atoms with E-state index in [0.29, 0.717) is 16.9 Å². The molecule has 5 heteroatoms. The number of thioether (sulfide) groups is 1. The Morgan fingerprint density at radius 2 is 2.36 bits per heavy atom. The van der Waals surface area contributed by atoms with Crippen molar-refractivity contribution in [3.8, 4) is 0 Å². The molecule has 4 nitrogen and oxygen atoms in total. The van der Waals surface area contributed by atoms with E-state index in [4.69, 9.17) is 9.52 Å². The number of aromatic amines is 1. The third kappa shape index (κ3) is 1.83. The second-order valence-corrected chi connectivity index (χ2v) is 3.91. The van der Waals surface area contributed by atoms with E-state index in [1.165, 1.54) is 11.8 Å². The number of benzene rings is 1. The smallest absolute Gasteiger partial charge is 0.408 e. The van der Waals surface area contributed by atoms with Crippen molar-refractivity contribution in [2.24, 2.45) is 0 Å². The Hall–Kier alpha value is -1.20. The van der Waals surface area contributed by atoms with Gasteiger partial charge in [-0.3, -0.25) is 4.98 Å². The predicted molar refractivity (Wildman–Crippen MR) is 54.6 cm³/mol. The molecule has 1 heterocycles. The van der Waals surface area contributed by atoms with E-state index in [2.05, 4.69) is 4.98 Å². The van der Waals surface area contributed by atoms with Crippen LogP contribution in [0.15, 0.2) is 32.3 Å². The van der Waals surface area contributed by atoms with E-state index in [0.717, 1.165) is 4.90 Å². The van der Waals surface area contributed by atoms with Gasteiger partial charge in [0.2, 0.25) is 0 Å². The summed E-state index contributed by atoms with van der Waals surface area (Å²) in [4.78, 5) is 14.4. The number of H-pyrrole nitrogens is 1. The number of aliphatic hydroxyl groups is 1. The van der Waals surface area contributed by atoms with Crippen LogP contribution in [0.2, 0.25) is 0 Å². The third-order valence-electron chi connectivity index (χ3n) is 1.75. The van der Waals surface area contributed by atoms with Crippen molar-refractivity contribution in [3.05, 3.63) is 28.7 Å². The molecule has 74 valence electrons. The van der Waals surface area contributed by atoms with E-state index in [1.807, 2.05) is 12.1 Å². The summed E-state index contributed by atoms with van der Waals surface area (Å²) in [6.07, 6.45) is 0. The van der Waals surface area contributed by atoms with Crippen LogP contribution in [0.25, 0.3) is 11.1 Å². The first-order valence-electron chi connectivity index (χ1n) is 4.16. The highest BCUT2D eigenvalue weighted by atomic mass is 32.2. The second-order valence-electron chi connectivity index (χ2n) is 2.74. The van der Waals surface area contributed by atoms with Gasteiger partial charge >= 0.3 is 5.76 Å². The van der Waals surface area contributed by atoms with E-state index in [-0.39, 0.29) is 6.61 Å². The standard InChI is InChI=1S/C9H9NO3S/c11-3-4-14-6-1-2-8-7(5-6)10-9(12)13-8/h1-2,5,11H,3-4H2,(H,10,12). The number of hydrogen-bond acceptors (Lipinski definition) is 4. The Morgan fingerprint density at radius 3 is 3.14 bits per heavy atom. The molecule has 2 N–H and O–H groups in total. The normalized spacial score (nSPS) is 10.9. The first-order valence-corrected chi connectivity index (χ1v) is 5.15. The van der Waals surface area contributed by atoms with E-state index in [9.17, 15) is 4.79 Å². The molecule has 0 saturated carbocycles. The van der Waals surface area contributed by atoms with Crippen LogP contribution < -0.4 is 5.76 Å². The van der Waals surface area contributed by atoms with Crippen LogP contribution in [0.3, 0.4) is 0 Å². The van der Waals surface area contributed by atoms with Crippen LogP contribution in [0.4, 0.5) is 0 Å². The van der Waals surface area contributed by atoms with Crippen LogP contribution in [-0.4, -0.2) is 22.5 Å². The Morgan fingerprint density at radius 1 is 1.50 bits per heavy atom. The Kier molecular flexibility index (Phi) is 2.60. The first kappa shape index (κ1) is 9.36. The number of nitrogens with one attached hydrogen (secondary N) is 1. The summed E-state index contributed by atoms with van der Waals surface area (Å²) >= 11 is 1.53. The maximum Gasteiger partial charge on any atom is 0.417 e. The lowest BCUT2D eigenvalue weighted by Crippen LogP contribution is -1.92. The monoisotopic (exact) mass is 211 g/mol. The summed E-state index contributed by atoms with van der Waals surface area (Å²) in [6.45, 7) is 0.143. The molecule has 0 aliphatic carbocycles. The molecule has 0 radical (unpaired) electrons. The maximum atomic E-state index is 10.8. The molecule has 0 aliphatic rings. The minimum absolute atomic E-state index is 0.143. The molecule has 2 aromatic rings. The number of rotatable bonds is 3. The van der Waals surface area contributed by atoms with Crippen LogP contribution >= 0.6 is 11.8 Å². The molecular weight excluding hydrogens is 202 g/mol. The van der Waals surface area contributed by atoms with Crippen molar-refractivity contribution >= 4 is 22.9 Å². The molecule has 0 aliphatic heterocycles. The van der Waals surface area contributed by atoms with Gasteiger partial charge in [0.05, 0.1) is 12.1 Å². The third-order valence-corrected chi connectivity index (χ3v) is 2.72. The Balaban J connectivity index is 2.35. The van der Waals surface area contributed by atoms with Gasteiger partial charge in [0.25, 0.3) is 0 Å². The molecule has 14 heavy (non-hydrogen) atoms. The topological polar surface area (TPSA) is 66.2 Å². The van der Waals surface area contributed by atoms with E-state index in [1.54, 1.807) is 6.07 Å². The lowest BCUT2D eigenvalue weighted by molar-refractivity contribution is 0.322. The van der Waals surface area contributed by atoms with Crippen molar-refractivity contribution in [1.29, 1.82) is 0 Å². The van der Waals surface area contributed by atoms with Gasteiger partial charge < -0.3 is 9.52 Å². The average Bonchev–Trinajstić information content (AvgIpc) is 2.54.